The van der Waals surface area contributed by atoms with Crippen molar-refractivity contribution in [1.29, 1.82) is 0 Å². The highest BCUT2D eigenvalue weighted by atomic mass is 16.5. The van der Waals surface area contributed by atoms with Crippen LogP contribution in [0.15, 0.2) is 6.58 Å². The van der Waals surface area contributed by atoms with E-state index in [1.54, 1.807) is 19.9 Å². The van der Waals surface area contributed by atoms with E-state index >= 15 is 0 Å². The van der Waals surface area contributed by atoms with E-state index in [4.69, 9.17) is 0 Å². The molecule has 0 aromatic carbocycles. The summed E-state index contributed by atoms with van der Waals surface area (Å²) in [5.74, 6) is -0.464. The molecule has 0 atom stereocenters. The van der Waals surface area contributed by atoms with E-state index in [1.807, 2.05) is 0 Å². The van der Waals surface area contributed by atoms with Gasteiger partial charge < -0.3 is 4.74 Å². The van der Waals surface area contributed by atoms with Crippen LogP contribution < -0.4 is 0 Å². The number of hydrogen-bond donors (Lipinski definition) is 0. The van der Waals surface area contributed by atoms with Gasteiger partial charge >= 0.3 is 5.97 Å². The van der Waals surface area contributed by atoms with Gasteiger partial charge in [-0.3, -0.25) is 0 Å². The second-order valence-corrected chi connectivity index (χ2v) is 2.82. The Morgan fingerprint density at radius 2 is 2.00 bits per heavy atom. The van der Waals surface area contributed by atoms with Crippen molar-refractivity contribution in [2.45, 2.75) is 13.8 Å². The summed E-state index contributed by atoms with van der Waals surface area (Å²) < 4.78 is 4.58. The first-order valence-electron chi connectivity index (χ1n) is 4.16. The number of nitrogens with zero attached hydrogens (tertiary/aromatic N) is 2. The minimum atomic E-state index is -0.464. The van der Waals surface area contributed by atoms with E-state index in [1.165, 1.54) is 7.11 Å². The molecule has 1 heterocycles. The zero-order valence-corrected chi connectivity index (χ0v) is 8.50. The van der Waals surface area contributed by atoms with Crippen molar-refractivity contribution in [3.8, 4) is 0 Å². The number of carbonyl (C=O) groups is 1. The van der Waals surface area contributed by atoms with Gasteiger partial charge in [-0.15, -0.1) is 0 Å². The molecule has 4 heteroatoms. The summed E-state index contributed by atoms with van der Waals surface area (Å²) >= 11 is 0. The monoisotopic (exact) mass is 192 g/mol. The molecule has 4 nitrogen and oxygen atoms in total. The highest BCUT2D eigenvalue weighted by Gasteiger charge is 2.13. The van der Waals surface area contributed by atoms with E-state index in [9.17, 15) is 4.79 Å². The largest absolute Gasteiger partial charge is 0.464 e. The molecule has 14 heavy (non-hydrogen) atoms. The first kappa shape index (κ1) is 10.4. The second-order valence-electron chi connectivity index (χ2n) is 2.82. The van der Waals surface area contributed by atoms with Gasteiger partial charge in [0, 0.05) is 0 Å². The second kappa shape index (κ2) is 4.00. The molecule has 0 saturated carbocycles. The number of hydrogen-bond acceptors (Lipinski definition) is 4. The van der Waals surface area contributed by atoms with Gasteiger partial charge in [-0.05, 0) is 19.9 Å². The third-order valence-corrected chi connectivity index (χ3v) is 1.85. The van der Waals surface area contributed by atoms with Gasteiger partial charge in [0.15, 0.2) is 5.69 Å². The third-order valence-electron chi connectivity index (χ3n) is 1.85. The fourth-order valence-corrected chi connectivity index (χ4v) is 1.10. The van der Waals surface area contributed by atoms with E-state index in [-0.39, 0.29) is 5.69 Å². The smallest absolute Gasteiger partial charge is 0.358 e. The lowest BCUT2D eigenvalue weighted by atomic mass is 10.2. The number of aryl methyl sites for hydroxylation is 2. The summed E-state index contributed by atoms with van der Waals surface area (Å²) in [7, 11) is 1.32. The fraction of sp³-hybridized carbons (Fsp3) is 0.300. The van der Waals surface area contributed by atoms with Crippen molar-refractivity contribution in [3.05, 3.63) is 29.4 Å². The molecular weight excluding hydrogens is 180 g/mol. The maximum Gasteiger partial charge on any atom is 0.358 e. The molecule has 0 aliphatic rings. The van der Waals surface area contributed by atoms with Gasteiger partial charge in [-0.2, -0.15) is 0 Å². The summed E-state index contributed by atoms with van der Waals surface area (Å²) in [5, 5.41) is 0. The number of carbonyl (C=O) groups excluding carboxylic acids is 1. The summed E-state index contributed by atoms with van der Waals surface area (Å²) in [6.45, 7) is 7.10. The average Bonchev–Trinajstić information content (AvgIpc) is 2.19. The maximum atomic E-state index is 11.2. The van der Waals surface area contributed by atoms with E-state index < -0.39 is 5.97 Å². The van der Waals surface area contributed by atoms with Crippen LogP contribution in [0.25, 0.3) is 6.08 Å². The van der Waals surface area contributed by atoms with Crippen LogP contribution in [0.3, 0.4) is 0 Å². The topological polar surface area (TPSA) is 52.1 Å². The van der Waals surface area contributed by atoms with E-state index in [0.717, 1.165) is 0 Å². The van der Waals surface area contributed by atoms with Crippen LogP contribution in [0, 0.1) is 13.8 Å². The molecule has 1 aromatic rings. The van der Waals surface area contributed by atoms with Crippen molar-refractivity contribution in [2.75, 3.05) is 7.11 Å². The summed E-state index contributed by atoms with van der Waals surface area (Å²) in [4.78, 5) is 19.5. The van der Waals surface area contributed by atoms with Gasteiger partial charge in [0.2, 0.25) is 0 Å². The van der Waals surface area contributed by atoms with Gasteiger partial charge in [-0.1, -0.05) is 6.58 Å². The van der Waals surface area contributed by atoms with E-state index in [0.29, 0.717) is 17.1 Å². The van der Waals surface area contributed by atoms with Gasteiger partial charge in [-0.25, -0.2) is 14.8 Å². The lowest BCUT2D eigenvalue weighted by Crippen LogP contribution is -2.10. The Bertz CT molecular complexity index is 386. The van der Waals surface area contributed by atoms with Crippen LogP contribution in [0.5, 0.6) is 0 Å². The predicted octanol–water partition coefficient (Wildman–Crippen LogP) is 1.52. The van der Waals surface area contributed by atoms with Crippen molar-refractivity contribution in [1.82, 2.24) is 9.97 Å². The Labute approximate surface area is 82.6 Å². The molecule has 0 fully saturated rings. The zero-order valence-electron chi connectivity index (χ0n) is 8.50. The standard InChI is InChI=1S/C10H12N2O2/c1-5-8-6(2)12-9(7(3)11-8)10(13)14-4/h5H,1H2,2-4H3. The van der Waals surface area contributed by atoms with Crippen molar-refractivity contribution < 1.29 is 9.53 Å². The van der Waals surface area contributed by atoms with Crippen LogP contribution in [0.4, 0.5) is 0 Å². The Morgan fingerprint density at radius 3 is 2.50 bits per heavy atom. The summed E-state index contributed by atoms with van der Waals surface area (Å²) in [6, 6.07) is 0. The van der Waals surface area contributed by atoms with Crippen molar-refractivity contribution >= 4 is 12.0 Å². The minimum absolute atomic E-state index is 0.260. The fourth-order valence-electron chi connectivity index (χ4n) is 1.10. The van der Waals surface area contributed by atoms with Crippen LogP contribution in [0.1, 0.15) is 27.6 Å². The molecule has 0 N–H and O–H groups in total. The van der Waals surface area contributed by atoms with Gasteiger partial charge in [0.1, 0.15) is 0 Å². The van der Waals surface area contributed by atoms with Crippen molar-refractivity contribution in [3.63, 3.8) is 0 Å². The first-order chi connectivity index (χ1) is 6.60. The molecule has 0 saturated heterocycles. The average molecular weight is 192 g/mol. The molecule has 0 spiro atoms. The molecule has 1 rings (SSSR count). The number of ether oxygens (including phenoxy) is 1. The summed E-state index contributed by atoms with van der Waals surface area (Å²) in [5.41, 5.74) is 2.18. The normalized spacial score (nSPS) is 9.64. The Kier molecular flexibility index (Phi) is 2.96. The molecule has 74 valence electrons. The Morgan fingerprint density at radius 1 is 1.36 bits per heavy atom. The molecular formula is C10H12N2O2. The van der Waals surface area contributed by atoms with Gasteiger partial charge in [0.25, 0.3) is 0 Å². The van der Waals surface area contributed by atoms with Crippen LogP contribution in [-0.2, 0) is 4.74 Å². The molecule has 0 bridgehead atoms. The van der Waals surface area contributed by atoms with Crippen LogP contribution in [0.2, 0.25) is 0 Å². The molecule has 0 aliphatic heterocycles. The summed E-state index contributed by atoms with van der Waals surface area (Å²) in [6.07, 6.45) is 1.61. The molecule has 0 aliphatic carbocycles. The highest BCUT2D eigenvalue weighted by molar-refractivity contribution is 5.88. The lowest BCUT2D eigenvalue weighted by molar-refractivity contribution is 0.0592. The number of rotatable bonds is 2. The quantitative estimate of drug-likeness (QED) is 0.667. The molecule has 0 unspecified atom stereocenters. The number of aromatic nitrogens is 2. The maximum absolute atomic E-state index is 11.2. The molecule has 0 amide bonds. The number of methoxy groups -OCH3 is 1. The van der Waals surface area contributed by atoms with Gasteiger partial charge in [0.05, 0.1) is 24.2 Å². The molecule has 1 aromatic heterocycles. The first-order valence-corrected chi connectivity index (χ1v) is 4.16. The van der Waals surface area contributed by atoms with Crippen molar-refractivity contribution in [2.24, 2.45) is 0 Å². The SMILES string of the molecule is C=Cc1nc(C)c(C(=O)OC)nc1C. The minimum Gasteiger partial charge on any atom is -0.464 e. The Balaban J connectivity index is 3.28. The molecule has 0 radical (unpaired) electrons. The van der Waals surface area contributed by atoms with Crippen LogP contribution >= 0.6 is 0 Å². The zero-order chi connectivity index (χ0) is 10.7. The van der Waals surface area contributed by atoms with Crippen LogP contribution in [-0.4, -0.2) is 23.0 Å². The Hall–Kier alpha value is -1.71. The predicted molar refractivity (Wildman–Crippen MR) is 52.9 cm³/mol. The number of esters is 1. The van der Waals surface area contributed by atoms with E-state index in [2.05, 4.69) is 21.3 Å². The third kappa shape index (κ3) is 1.79. The lowest BCUT2D eigenvalue weighted by Gasteiger charge is -2.05. The highest BCUT2D eigenvalue weighted by Crippen LogP contribution is 2.09.